The van der Waals surface area contributed by atoms with Crippen molar-refractivity contribution in [2.45, 2.75) is 32.7 Å². The van der Waals surface area contributed by atoms with E-state index < -0.39 is 11.9 Å². The molecule has 7 heteroatoms. The Bertz CT molecular complexity index is 993. The van der Waals surface area contributed by atoms with E-state index in [1.165, 1.54) is 13.2 Å². The Morgan fingerprint density at radius 2 is 1.97 bits per heavy atom. The minimum absolute atomic E-state index is 0.0305. The molecule has 0 aliphatic rings. The molecular formula is C23H23ClN2O4. The summed E-state index contributed by atoms with van der Waals surface area (Å²) >= 11 is 5.95. The molecule has 0 radical (unpaired) electrons. The lowest BCUT2D eigenvalue weighted by Gasteiger charge is -2.11. The lowest BCUT2D eigenvalue weighted by Crippen LogP contribution is -2.30. The number of nitriles is 1. The molecular weight excluding hydrogens is 404 g/mol. The van der Waals surface area contributed by atoms with E-state index in [1.54, 1.807) is 30.3 Å². The zero-order valence-corrected chi connectivity index (χ0v) is 17.8. The van der Waals surface area contributed by atoms with Gasteiger partial charge < -0.3 is 14.8 Å². The second-order valence-electron chi connectivity index (χ2n) is 6.81. The van der Waals surface area contributed by atoms with Gasteiger partial charge in [0.25, 0.3) is 5.91 Å². The maximum Gasteiger partial charge on any atom is 0.311 e. The smallest absolute Gasteiger partial charge is 0.311 e. The molecule has 0 heterocycles. The molecule has 0 aliphatic carbocycles. The second-order valence-corrected chi connectivity index (χ2v) is 7.25. The van der Waals surface area contributed by atoms with Gasteiger partial charge >= 0.3 is 5.97 Å². The van der Waals surface area contributed by atoms with Crippen LogP contribution in [0.2, 0.25) is 5.02 Å². The summed E-state index contributed by atoms with van der Waals surface area (Å²) in [6, 6.07) is 13.9. The van der Waals surface area contributed by atoms with Gasteiger partial charge in [-0.1, -0.05) is 29.8 Å². The Balaban J connectivity index is 2.09. The van der Waals surface area contributed by atoms with Crippen molar-refractivity contribution in [3.8, 4) is 17.6 Å². The van der Waals surface area contributed by atoms with Crippen LogP contribution in [0.25, 0.3) is 6.08 Å². The van der Waals surface area contributed by atoms with Crippen LogP contribution in [-0.4, -0.2) is 25.0 Å². The summed E-state index contributed by atoms with van der Waals surface area (Å²) in [7, 11) is 1.45. The van der Waals surface area contributed by atoms with Gasteiger partial charge in [0.15, 0.2) is 11.5 Å². The van der Waals surface area contributed by atoms with Gasteiger partial charge in [0, 0.05) is 17.5 Å². The van der Waals surface area contributed by atoms with Gasteiger partial charge in [-0.15, -0.1) is 0 Å². The summed E-state index contributed by atoms with van der Waals surface area (Å²) < 4.78 is 10.7. The molecule has 2 rings (SSSR count). The fourth-order valence-electron chi connectivity index (χ4n) is 2.63. The average Bonchev–Trinajstić information content (AvgIpc) is 2.70. The SMILES string of the molecule is COc1cc(/C=C(\C#N)C(=O)NC(C)C)ccc1OC(=O)CCc1cccc(Cl)c1. The third-order valence-electron chi connectivity index (χ3n) is 4.01. The Hall–Kier alpha value is -3.30. The fourth-order valence-corrected chi connectivity index (χ4v) is 2.84. The number of esters is 1. The number of rotatable bonds is 8. The number of nitrogens with zero attached hydrogens (tertiary/aromatic N) is 1. The van der Waals surface area contributed by atoms with Crippen LogP contribution in [0.1, 0.15) is 31.4 Å². The van der Waals surface area contributed by atoms with E-state index >= 15 is 0 Å². The highest BCUT2D eigenvalue weighted by molar-refractivity contribution is 6.30. The monoisotopic (exact) mass is 426 g/mol. The predicted molar refractivity (Wildman–Crippen MR) is 115 cm³/mol. The van der Waals surface area contributed by atoms with Crippen LogP contribution in [-0.2, 0) is 16.0 Å². The number of nitrogens with one attached hydrogen (secondary N) is 1. The summed E-state index contributed by atoms with van der Waals surface area (Å²) in [5, 5.41) is 12.5. The molecule has 0 unspecified atom stereocenters. The quantitative estimate of drug-likeness (QED) is 0.294. The fraction of sp³-hybridized carbons (Fsp3) is 0.261. The van der Waals surface area contributed by atoms with Crippen LogP contribution >= 0.6 is 11.6 Å². The summed E-state index contributed by atoms with van der Waals surface area (Å²) in [4.78, 5) is 24.3. The van der Waals surface area contributed by atoms with Crippen LogP contribution in [0.15, 0.2) is 48.0 Å². The molecule has 30 heavy (non-hydrogen) atoms. The zero-order chi connectivity index (χ0) is 22.1. The van der Waals surface area contributed by atoms with Crippen LogP contribution in [0, 0.1) is 11.3 Å². The topological polar surface area (TPSA) is 88.4 Å². The molecule has 0 atom stereocenters. The first kappa shape index (κ1) is 23.0. The summed E-state index contributed by atoms with van der Waals surface area (Å²) in [6.45, 7) is 3.62. The van der Waals surface area contributed by atoms with Crippen molar-refractivity contribution in [3.05, 3.63) is 64.2 Å². The van der Waals surface area contributed by atoms with E-state index in [0.717, 1.165) is 5.56 Å². The highest BCUT2D eigenvalue weighted by Gasteiger charge is 2.13. The van der Waals surface area contributed by atoms with Crippen LogP contribution in [0.3, 0.4) is 0 Å². The molecule has 0 aliphatic heterocycles. The molecule has 0 saturated carbocycles. The maximum atomic E-state index is 12.2. The Morgan fingerprint density at radius 1 is 1.20 bits per heavy atom. The zero-order valence-electron chi connectivity index (χ0n) is 17.1. The third kappa shape index (κ3) is 6.94. The van der Waals surface area contributed by atoms with E-state index in [1.807, 2.05) is 32.0 Å². The van der Waals surface area contributed by atoms with E-state index in [4.69, 9.17) is 21.1 Å². The summed E-state index contributed by atoms with van der Waals surface area (Å²) in [5.41, 5.74) is 1.48. The highest BCUT2D eigenvalue weighted by Crippen LogP contribution is 2.29. The Kier molecular flexibility index (Phi) is 8.45. The van der Waals surface area contributed by atoms with Gasteiger partial charge in [-0.05, 0) is 61.7 Å². The number of carbonyl (C=O) groups is 2. The first-order valence-corrected chi connectivity index (χ1v) is 9.76. The van der Waals surface area contributed by atoms with Crippen molar-refractivity contribution in [2.75, 3.05) is 7.11 Å². The number of hydrogen-bond acceptors (Lipinski definition) is 5. The first-order valence-electron chi connectivity index (χ1n) is 9.38. The van der Waals surface area contributed by atoms with Crippen molar-refractivity contribution in [1.29, 1.82) is 5.26 Å². The van der Waals surface area contributed by atoms with Crippen molar-refractivity contribution >= 4 is 29.6 Å². The third-order valence-corrected chi connectivity index (χ3v) is 4.25. The average molecular weight is 427 g/mol. The molecule has 0 bridgehead atoms. The molecule has 1 N–H and O–H groups in total. The molecule has 0 spiro atoms. The van der Waals surface area contributed by atoms with Crippen LogP contribution in [0.5, 0.6) is 11.5 Å². The molecule has 0 aromatic heterocycles. The second kappa shape index (κ2) is 11.0. The number of hydrogen-bond donors (Lipinski definition) is 1. The molecule has 0 fully saturated rings. The molecule has 2 aromatic rings. The lowest BCUT2D eigenvalue weighted by molar-refractivity contribution is -0.134. The summed E-state index contributed by atoms with van der Waals surface area (Å²) in [6.07, 6.45) is 2.13. The van der Waals surface area contributed by atoms with Gasteiger partial charge in [-0.25, -0.2) is 0 Å². The van der Waals surface area contributed by atoms with E-state index in [0.29, 0.717) is 22.8 Å². The van der Waals surface area contributed by atoms with Gasteiger partial charge in [-0.3, -0.25) is 9.59 Å². The minimum atomic E-state index is -0.456. The predicted octanol–water partition coefficient (Wildman–Crippen LogP) is 4.32. The van der Waals surface area contributed by atoms with Gasteiger partial charge in [0.2, 0.25) is 0 Å². The minimum Gasteiger partial charge on any atom is -0.493 e. The van der Waals surface area contributed by atoms with E-state index in [2.05, 4.69) is 5.32 Å². The number of amides is 1. The number of benzene rings is 2. The number of carbonyl (C=O) groups excluding carboxylic acids is 2. The number of ether oxygens (including phenoxy) is 2. The summed E-state index contributed by atoms with van der Waals surface area (Å²) in [5.74, 6) is -0.286. The van der Waals surface area contributed by atoms with Gasteiger partial charge in [0.1, 0.15) is 11.6 Å². The molecule has 156 valence electrons. The Labute approximate surface area is 181 Å². The van der Waals surface area contributed by atoms with Crippen molar-refractivity contribution < 1.29 is 19.1 Å². The normalized spacial score (nSPS) is 11.0. The number of methoxy groups -OCH3 is 1. The van der Waals surface area contributed by atoms with Crippen molar-refractivity contribution in [1.82, 2.24) is 5.32 Å². The van der Waals surface area contributed by atoms with Crippen LogP contribution in [0.4, 0.5) is 0 Å². The van der Waals surface area contributed by atoms with Crippen molar-refractivity contribution in [2.24, 2.45) is 0 Å². The van der Waals surface area contributed by atoms with Crippen LogP contribution < -0.4 is 14.8 Å². The maximum absolute atomic E-state index is 12.2. The standard InChI is InChI=1S/C23H23ClN2O4/c1-15(2)26-23(28)18(14-25)11-17-7-9-20(21(13-17)29-3)30-22(27)10-8-16-5-4-6-19(24)12-16/h4-7,9,11-13,15H,8,10H2,1-3H3,(H,26,28)/b18-11+. The largest absolute Gasteiger partial charge is 0.493 e. The van der Waals surface area contributed by atoms with E-state index in [-0.39, 0.29) is 23.8 Å². The molecule has 0 saturated heterocycles. The molecule has 2 aromatic carbocycles. The Morgan fingerprint density at radius 3 is 2.60 bits per heavy atom. The van der Waals surface area contributed by atoms with Gasteiger partial charge in [0.05, 0.1) is 7.11 Å². The van der Waals surface area contributed by atoms with Crippen molar-refractivity contribution in [3.63, 3.8) is 0 Å². The highest BCUT2D eigenvalue weighted by atomic mass is 35.5. The van der Waals surface area contributed by atoms with Gasteiger partial charge in [-0.2, -0.15) is 5.26 Å². The number of aryl methyl sites for hydroxylation is 1. The first-order chi connectivity index (χ1) is 14.3. The molecule has 1 amide bonds. The number of halogens is 1. The lowest BCUT2D eigenvalue weighted by atomic mass is 10.1. The molecule has 6 nitrogen and oxygen atoms in total. The van der Waals surface area contributed by atoms with E-state index in [9.17, 15) is 14.9 Å².